The van der Waals surface area contributed by atoms with Gasteiger partial charge in [0.25, 0.3) is 0 Å². The zero-order valence-electron chi connectivity index (χ0n) is 5.92. The standard InChI is InChI=1S/C7H8ClN3/c8-4-6-1-2-11-7(3-6)9-5-10-11/h1-3,10H,4-5H2. The maximum atomic E-state index is 5.66. The Morgan fingerprint density at radius 2 is 2.64 bits per heavy atom. The van der Waals surface area contributed by atoms with Crippen LogP contribution in [0.3, 0.4) is 0 Å². The number of fused-ring (bicyclic) bond motifs is 1. The molecule has 0 saturated heterocycles. The summed E-state index contributed by atoms with van der Waals surface area (Å²) in [6.07, 6.45) is 5.89. The molecule has 2 heterocycles. The van der Waals surface area contributed by atoms with Crippen LogP contribution < -0.4 is 5.43 Å². The molecule has 0 fully saturated rings. The van der Waals surface area contributed by atoms with Gasteiger partial charge in [-0.15, -0.1) is 11.6 Å². The van der Waals surface area contributed by atoms with Gasteiger partial charge in [0.15, 0.2) is 0 Å². The summed E-state index contributed by atoms with van der Waals surface area (Å²) in [6.45, 7) is 0.658. The highest BCUT2D eigenvalue weighted by Crippen LogP contribution is 2.11. The summed E-state index contributed by atoms with van der Waals surface area (Å²) >= 11 is 5.66. The van der Waals surface area contributed by atoms with E-state index in [9.17, 15) is 0 Å². The van der Waals surface area contributed by atoms with Gasteiger partial charge >= 0.3 is 0 Å². The van der Waals surface area contributed by atoms with E-state index in [0.717, 1.165) is 11.4 Å². The topological polar surface area (TPSA) is 27.6 Å². The molecule has 3 nitrogen and oxygen atoms in total. The zero-order valence-corrected chi connectivity index (χ0v) is 6.67. The number of hydrazine groups is 1. The van der Waals surface area contributed by atoms with Gasteiger partial charge in [0, 0.05) is 12.1 Å². The van der Waals surface area contributed by atoms with E-state index in [2.05, 4.69) is 10.4 Å². The Morgan fingerprint density at radius 1 is 1.73 bits per heavy atom. The second-order valence-corrected chi connectivity index (χ2v) is 2.64. The number of rotatable bonds is 1. The predicted molar refractivity (Wildman–Crippen MR) is 45.2 cm³/mol. The van der Waals surface area contributed by atoms with Crippen LogP contribution in [0, 0.1) is 0 Å². The van der Waals surface area contributed by atoms with Gasteiger partial charge < -0.3 is 0 Å². The summed E-state index contributed by atoms with van der Waals surface area (Å²) in [7, 11) is 0. The molecule has 0 unspecified atom stereocenters. The number of nitrogens with one attached hydrogen (secondary N) is 1. The van der Waals surface area contributed by atoms with E-state index in [-0.39, 0.29) is 0 Å². The van der Waals surface area contributed by atoms with E-state index >= 15 is 0 Å². The number of hydrogen-bond acceptors (Lipinski definition) is 3. The van der Waals surface area contributed by atoms with Crippen LogP contribution in [0.2, 0.25) is 0 Å². The van der Waals surface area contributed by atoms with Gasteiger partial charge in [0.2, 0.25) is 0 Å². The van der Waals surface area contributed by atoms with Crippen molar-refractivity contribution in [3.05, 3.63) is 23.9 Å². The minimum atomic E-state index is 0.545. The van der Waals surface area contributed by atoms with E-state index in [1.54, 1.807) is 0 Å². The Bertz CT molecular complexity index is 254. The largest absolute Gasteiger partial charge is 0.266 e. The van der Waals surface area contributed by atoms with E-state index in [1.165, 1.54) is 0 Å². The molecule has 0 amide bonds. The molecule has 0 aliphatic carbocycles. The van der Waals surface area contributed by atoms with E-state index in [1.807, 2.05) is 23.4 Å². The summed E-state index contributed by atoms with van der Waals surface area (Å²) in [5, 5.41) is 1.88. The first-order chi connectivity index (χ1) is 5.40. The van der Waals surface area contributed by atoms with E-state index < -0.39 is 0 Å². The Labute approximate surface area is 70.0 Å². The van der Waals surface area contributed by atoms with Crippen LogP contribution in [0.4, 0.5) is 0 Å². The third-order valence-corrected chi connectivity index (χ3v) is 1.94. The quantitative estimate of drug-likeness (QED) is 0.590. The maximum Gasteiger partial charge on any atom is 0.143 e. The third kappa shape index (κ3) is 1.17. The molecule has 4 heteroatoms. The Hall–Kier alpha value is -0.800. The number of nitrogens with zero attached hydrogens (tertiary/aromatic N) is 2. The van der Waals surface area contributed by atoms with Crippen LogP contribution >= 0.6 is 11.6 Å². The monoisotopic (exact) mass is 169 g/mol. The van der Waals surface area contributed by atoms with Gasteiger partial charge in [-0.05, 0) is 17.7 Å². The van der Waals surface area contributed by atoms with Crippen LogP contribution in [-0.2, 0) is 0 Å². The summed E-state index contributed by atoms with van der Waals surface area (Å²) in [5.74, 6) is 1.49. The average Bonchev–Trinajstić information content (AvgIpc) is 2.50. The average molecular weight is 170 g/mol. The SMILES string of the molecule is ClCC1=CC2=NCNN2C=C1. The second-order valence-electron chi connectivity index (χ2n) is 2.37. The van der Waals surface area contributed by atoms with Crippen molar-refractivity contribution in [1.29, 1.82) is 0 Å². The lowest BCUT2D eigenvalue weighted by atomic mass is 10.2. The first kappa shape index (κ1) is 6.88. The maximum absolute atomic E-state index is 5.66. The van der Waals surface area contributed by atoms with Crippen LogP contribution in [0.1, 0.15) is 0 Å². The third-order valence-electron chi connectivity index (χ3n) is 1.64. The van der Waals surface area contributed by atoms with Crippen molar-refractivity contribution in [1.82, 2.24) is 10.4 Å². The number of alkyl halides is 1. The Balaban J connectivity index is 2.25. The van der Waals surface area contributed by atoms with Gasteiger partial charge in [-0.3, -0.25) is 5.01 Å². The van der Waals surface area contributed by atoms with Gasteiger partial charge in [0.05, 0.1) is 0 Å². The van der Waals surface area contributed by atoms with Crippen molar-refractivity contribution in [2.24, 2.45) is 4.99 Å². The fourth-order valence-corrected chi connectivity index (χ4v) is 1.23. The van der Waals surface area contributed by atoms with Crippen molar-refractivity contribution in [3.8, 4) is 0 Å². The first-order valence-electron chi connectivity index (χ1n) is 3.42. The normalized spacial score (nSPS) is 21.4. The van der Waals surface area contributed by atoms with Crippen LogP contribution in [-0.4, -0.2) is 23.4 Å². The number of allylic oxidation sites excluding steroid dienone is 2. The number of hydrogen-bond donors (Lipinski definition) is 1. The zero-order chi connectivity index (χ0) is 7.68. The smallest absolute Gasteiger partial charge is 0.143 e. The number of halogens is 1. The lowest BCUT2D eigenvalue weighted by Crippen LogP contribution is -2.32. The second kappa shape index (κ2) is 2.68. The molecule has 0 bridgehead atoms. The number of amidine groups is 1. The molecule has 0 aromatic carbocycles. The van der Waals surface area contributed by atoms with Crippen molar-refractivity contribution in [2.75, 3.05) is 12.5 Å². The molecule has 0 atom stereocenters. The molecule has 1 N–H and O–H groups in total. The molecular weight excluding hydrogens is 162 g/mol. The number of aliphatic imine (C=N–C) groups is 1. The lowest BCUT2D eigenvalue weighted by molar-refractivity contribution is 0.451. The Morgan fingerprint density at radius 3 is 3.45 bits per heavy atom. The molecular formula is C7H8ClN3. The minimum absolute atomic E-state index is 0.545. The highest BCUT2D eigenvalue weighted by atomic mass is 35.5. The Kier molecular flexibility index (Phi) is 1.68. The molecule has 2 aliphatic rings. The lowest BCUT2D eigenvalue weighted by Gasteiger charge is -2.16. The van der Waals surface area contributed by atoms with Crippen molar-refractivity contribution in [3.63, 3.8) is 0 Å². The molecule has 0 radical (unpaired) electrons. The van der Waals surface area contributed by atoms with Gasteiger partial charge in [0.1, 0.15) is 12.5 Å². The van der Waals surface area contributed by atoms with Crippen LogP contribution in [0.25, 0.3) is 0 Å². The fourth-order valence-electron chi connectivity index (χ4n) is 1.06. The van der Waals surface area contributed by atoms with Crippen LogP contribution in [0.15, 0.2) is 28.9 Å². The molecule has 58 valence electrons. The van der Waals surface area contributed by atoms with E-state index in [4.69, 9.17) is 11.6 Å². The van der Waals surface area contributed by atoms with Crippen molar-refractivity contribution < 1.29 is 0 Å². The first-order valence-corrected chi connectivity index (χ1v) is 3.95. The molecule has 0 spiro atoms. The van der Waals surface area contributed by atoms with Gasteiger partial charge in [-0.1, -0.05) is 0 Å². The predicted octanol–water partition coefficient (Wildman–Crippen LogP) is 0.855. The molecule has 0 aromatic rings. The van der Waals surface area contributed by atoms with Gasteiger partial charge in [-0.2, -0.15) is 0 Å². The minimum Gasteiger partial charge on any atom is -0.266 e. The van der Waals surface area contributed by atoms with Crippen molar-refractivity contribution in [2.45, 2.75) is 0 Å². The van der Waals surface area contributed by atoms with Gasteiger partial charge in [-0.25, -0.2) is 10.4 Å². The molecule has 11 heavy (non-hydrogen) atoms. The molecule has 2 rings (SSSR count). The van der Waals surface area contributed by atoms with Crippen LogP contribution in [0.5, 0.6) is 0 Å². The summed E-state index contributed by atoms with van der Waals surface area (Å²) in [6, 6.07) is 0. The molecule has 0 saturated carbocycles. The fraction of sp³-hybridized carbons (Fsp3) is 0.286. The van der Waals surface area contributed by atoms with E-state index in [0.29, 0.717) is 12.5 Å². The highest BCUT2D eigenvalue weighted by Gasteiger charge is 2.14. The molecule has 2 aliphatic heterocycles. The van der Waals surface area contributed by atoms with Crippen molar-refractivity contribution >= 4 is 17.4 Å². The molecule has 0 aromatic heterocycles. The highest BCUT2D eigenvalue weighted by molar-refractivity contribution is 6.20. The summed E-state index contributed by atoms with van der Waals surface area (Å²) in [5.41, 5.74) is 4.16. The summed E-state index contributed by atoms with van der Waals surface area (Å²) in [4.78, 5) is 4.20. The summed E-state index contributed by atoms with van der Waals surface area (Å²) < 4.78 is 0.